The molecule has 0 unspecified atom stereocenters. The molecule has 0 aliphatic heterocycles. The molecule has 3 aromatic rings. The van der Waals surface area contributed by atoms with E-state index in [-0.39, 0.29) is 5.52 Å². The first kappa shape index (κ1) is 15.2. The van der Waals surface area contributed by atoms with Crippen LogP contribution in [0.5, 0.6) is 0 Å². The molecule has 0 saturated heterocycles. The largest absolute Gasteiger partial charge is 0.416 e. The third kappa shape index (κ3) is 3.22. The van der Waals surface area contributed by atoms with Crippen LogP contribution in [0.15, 0.2) is 42.7 Å². The number of hydrogen-bond acceptors (Lipinski definition) is 4. The SMILES string of the molecule is N#C/C(=C\c1ccncc1)c1nc2cc(C(F)(F)F)ccc2s1. The Morgan fingerprint density at radius 2 is 1.91 bits per heavy atom. The molecule has 23 heavy (non-hydrogen) atoms. The summed E-state index contributed by atoms with van der Waals surface area (Å²) in [6, 6.07) is 8.89. The molecular formula is C16H8F3N3S. The van der Waals surface area contributed by atoms with Crippen LogP contribution >= 0.6 is 11.3 Å². The van der Waals surface area contributed by atoms with Crippen molar-refractivity contribution in [2.24, 2.45) is 0 Å². The zero-order valence-corrected chi connectivity index (χ0v) is 12.3. The lowest BCUT2D eigenvalue weighted by atomic mass is 10.2. The van der Waals surface area contributed by atoms with E-state index in [2.05, 4.69) is 9.97 Å². The number of benzene rings is 1. The van der Waals surface area contributed by atoms with Crippen LogP contribution in [0, 0.1) is 11.3 Å². The quantitative estimate of drug-likeness (QED) is 0.635. The van der Waals surface area contributed by atoms with E-state index in [9.17, 15) is 18.4 Å². The van der Waals surface area contributed by atoms with Crippen molar-refractivity contribution in [2.75, 3.05) is 0 Å². The van der Waals surface area contributed by atoms with Crippen LogP contribution in [-0.4, -0.2) is 9.97 Å². The smallest absolute Gasteiger partial charge is 0.265 e. The maximum atomic E-state index is 12.7. The van der Waals surface area contributed by atoms with Crippen LogP contribution in [-0.2, 0) is 6.18 Å². The molecule has 0 aliphatic rings. The fraction of sp³-hybridized carbons (Fsp3) is 0.0625. The lowest BCUT2D eigenvalue weighted by Gasteiger charge is -2.04. The van der Waals surface area contributed by atoms with Gasteiger partial charge in [-0.3, -0.25) is 4.98 Å². The normalized spacial score (nSPS) is 12.3. The molecular weight excluding hydrogens is 323 g/mol. The van der Waals surface area contributed by atoms with Gasteiger partial charge in [-0.1, -0.05) is 0 Å². The number of rotatable bonds is 2. The maximum Gasteiger partial charge on any atom is 0.416 e. The molecule has 0 aliphatic carbocycles. The molecule has 3 nitrogen and oxygen atoms in total. The molecule has 0 spiro atoms. The fourth-order valence-corrected chi connectivity index (χ4v) is 2.90. The summed E-state index contributed by atoms with van der Waals surface area (Å²) in [5.74, 6) is 0. The highest BCUT2D eigenvalue weighted by molar-refractivity contribution is 7.19. The van der Waals surface area contributed by atoms with Gasteiger partial charge in [0.2, 0.25) is 0 Å². The number of halogens is 3. The zero-order chi connectivity index (χ0) is 16.4. The van der Waals surface area contributed by atoms with Crippen LogP contribution in [0.3, 0.4) is 0 Å². The van der Waals surface area contributed by atoms with E-state index < -0.39 is 11.7 Å². The maximum absolute atomic E-state index is 12.7. The molecule has 0 N–H and O–H groups in total. The molecule has 0 bridgehead atoms. The molecule has 0 amide bonds. The molecule has 7 heteroatoms. The summed E-state index contributed by atoms with van der Waals surface area (Å²) in [7, 11) is 0. The predicted molar refractivity (Wildman–Crippen MR) is 82.3 cm³/mol. The van der Waals surface area contributed by atoms with Gasteiger partial charge in [0.15, 0.2) is 0 Å². The Balaban J connectivity index is 2.06. The summed E-state index contributed by atoms with van der Waals surface area (Å²) in [6.45, 7) is 0. The van der Waals surface area contributed by atoms with Crippen molar-refractivity contribution in [3.63, 3.8) is 0 Å². The van der Waals surface area contributed by atoms with Crippen LogP contribution in [0.1, 0.15) is 16.1 Å². The molecule has 0 saturated carbocycles. The van der Waals surface area contributed by atoms with E-state index in [0.717, 1.165) is 17.7 Å². The number of fused-ring (bicyclic) bond motifs is 1. The number of nitriles is 1. The Morgan fingerprint density at radius 3 is 2.57 bits per heavy atom. The van der Waals surface area contributed by atoms with Crippen molar-refractivity contribution >= 4 is 33.2 Å². The molecule has 2 aromatic heterocycles. The number of allylic oxidation sites excluding steroid dienone is 1. The van der Waals surface area contributed by atoms with Gasteiger partial charge in [0, 0.05) is 12.4 Å². The summed E-state index contributed by atoms with van der Waals surface area (Å²) < 4.78 is 38.8. The highest BCUT2D eigenvalue weighted by Gasteiger charge is 2.30. The third-order valence-corrected chi connectivity index (χ3v) is 4.15. The molecule has 3 rings (SSSR count). The van der Waals surface area contributed by atoms with Crippen molar-refractivity contribution in [3.05, 3.63) is 58.9 Å². The van der Waals surface area contributed by atoms with E-state index in [1.165, 1.54) is 17.4 Å². The van der Waals surface area contributed by atoms with Gasteiger partial charge in [-0.05, 0) is 42.0 Å². The Labute approximate surface area is 133 Å². The minimum Gasteiger partial charge on any atom is -0.265 e. The highest BCUT2D eigenvalue weighted by atomic mass is 32.1. The number of aromatic nitrogens is 2. The molecule has 114 valence electrons. The Hall–Kier alpha value is -2.72. The first-order valence-electron chi connectivity index (χ1n) is 6.47. The Kier molecular flexibility index (Phi) is 3.84. The van der Waals surface area contributed by atoms with Gasteiger partial charge in [0.25, 0.3) is 0 Å². The third-order valence-electron chi connectivity index (χ3n) is 3.08. The molecule has 0 fully saturated rings. The second kappa shape index (κ2) is 5.82. The Morgan fingerprint density at radius 1 is 1.17 bits per heavy atom. The number of pyridine rings is 1. The van der Waals surface area contributed by atoms with Gasteiger partial charge in [-0.15, -0.1) is 11.3 Å². The predicted octanol–water partition coefficient (Wildman–Crippen LogP) is 4.77. The van der Waals surface area contributed by atoms with E-state index in [0.29, 0.717) is 15.3 Å². The summed E-state index contributed by atoms with van der Waals surface area (Å²) in [4.78, 5) is 8.05. The van der Waals surface area contributed by atoms with Crippen molar-refractivity contribution in [1.29, 1.82) is 5.26 Å². The fourth-order valence-electron chi connectivity index (χ4n) is 1.99. The monoisotopic (exact) mass is 331 g/mol. The second-order valence-corrected chi connectivity index (χ2v) is 5.68. The summed E-state index contributed by atoms with van der Waals surface area (Å²) >= 11 is 1.18. The first-order valence-corrected chi connectivity index (χ1v) is 7.29. The Bertz CT molecular complexity index is 921. The van der Waals surface area contributed by atoms with Crippen molar-refractivity contribution in [3.8, 4) is 6.07 Å². The van der Waals surface area contributed by atoms with Crippen molar-refractivity contribution in [1.82, 2.24) is 9.97 Å². The molecule has 0 radical (unpaired) electrons. The van der Waals surface area contributed by atoms with Gasteiger partial charge >= 0.3 is 6.18 Å². The molecule has 1 aromatic carbocycles. The van der Waals surface area contributed by atoms with Crippen LogP contribution in [0.25, 0.3) is 21.9 Å². The topological polar surface area (TPSA) is 49.6 Å². The van der Waals surface area contributed by atoms with Gasteiger partial charge < -0.3 is 0 Å². The summed E-state index contributed by atoms with van der Waals surface area (Å²) in [5.41, 5.74) is 0.548. The second-order valence-electron chi connectivity index (χ2n) is 4.65. The zero-order valence-electron chi connectivity index (χ0n) is 11.5. The minimum absolute atomic E-state index is 0.232. The number of nitrogens with zero attached hydrogens (tertiary/aromatic N) is 3. The van der Waals surface area contributed by atoms with Crippen molar-refractivity contribution < 1.29 is 13.2 Å². The van der Waals surface area contributed by atoms with Gasteiger partial charge in [-0.2, -0.15) is 18.4 Å². The number of thiazole rings is 1. The summed E-state index contributed by atoms with van der Waals surface area (Å²) in [6.07, 6.45) is 0.399. The first-order chi connectivity index (χ1) is 11.0. The van der Waals surface area contributed by atoms with Gasteiger partial charge in [0.1, 0.15) is 11.1 Å². The molecule has 2 heterocycles. The van der Waals surface area contributed by atoms with E-state index in [1.807, 2.05) is 6.07 Å². The van der Waals surface area contributed by atoms with E-state index in [1.54, 1.807) is 30.6 Å². The summed E-state index contributed by atoms with van der Waals surface area (Å²) in [5, 5.41) is 9.69. The van der Waals surface area contributed by atoms with Gasteiger partial charge in [0.05, 0.1) is 21.4 Å². The average Bonchev–Trinajstić information content (AvgIpc) is 2.95. The van der Waals surface area contributed by atoms with Crippen LogP contribution in [0.4, 0.5) is 13.2 Å². The van der Waals surface area contributed by atoms with Gasteiger partial charge in [-0.25, -0.2) is 4.98 Å². The minimum atomic E-state index is -4.41. The number of hydrogen-bond donors (Lipinski definition) is 0. The standard InChI is InChI=1S/C16H8F3N3S/c17-16(18,19)12-1-2-14-13(8-12)22-15(23-14)11(9-20)7-10-3-5-21-6-4-10/h1-8H/b11-7+. The van der Waals surface area contributed by atoms with Crippen LogP contribution in [0.2, 0.25) is 0 Å². The number of alkyl halides is 3. The van der Waals surface area contributed by atoms with Crippen LogP contribution < -0.4 is 0 Å². The van der Waals surface area contributed by atoms with E-state index in [4.69, 9.17) is 0 Å². The lowest BCUT2D eigenvalue weighted by Crippen LogP contribution is -2.03. The molecule has 0 atom stereocenters. The highest BCUT2D eigenvalue weighted by Crippen LogP contribution is 2.34. The lowest BCUT2D eigenvalue weighted by molar-refractivity contribution is -0.137. The van der Waals surface area contributed by atoms with E-state index >= 15 is 0 Å². The average molecular weight is 331 g/mol. The van der Waals surface area contributed by atoms with Crippen molar-refractivity contribution in [2.45, 2.75) is 6.18 Å².